The minimum absolute atomic E-state index is 0.000967. The summed E-state index contributed by atoms with van der Waals surface area (Å²) in [5.41, 5.74) is 3.17. The highest BCUT2D eigenvalue weighted by atomic mass is 32.1. The minimum Gasteiger partial charge on any atom is -0.444 e. The molecule has 4 rings (SSSR count). The van der Waals surface area contributed by atoms with Gasteiger partial charge in [-0.2, -0.15) is 11.3 Å². The number of nitrogens with zero attached hydrogens (tertiary/aromatic N) is 2. The maximum Gasteiger partial charge on any atom is 0.275 e. The van der Waals surface area contributed by atoms with Gasteiger partial charge in [0.05, 0.1) is 6.42 Å². The average molecular weight is 410 g/mol. The number of carbonyl (C=O) groups is 2. The number of thiophene rings is 1. The lowest BCUT2D eigenvalue weighted by atomic mass is 10.1. The van der Waals surface area contributed by atoms with Crippen LogP contribution in [0.4, 0.5) is 0 Å². The van der Waals surface area contributed by atoms with Gasteiger partial charge >= 0.3 is 0 Å². The van der Waals surface area contributed by atoms with Gasteiger partial charge in [0.2, 0.25) is 11.8 Å². The summed E-state index contributed by atoms with van der Waals surface area (Å²) in [6, 6.07) is 9.59. The number of carbonyl (C=O) groups excluding carboxylic acids is 2. The van der Waals surface area contributed by atoms with E-state index in [1.165, 1.54) is 12.7 Å². The molecule has 3 aromatic rings. The maximum atomic E-state index is 12.5. The third-order valence-electron chi connectivity index (χ3n) is 5.00. The van der Waals surface area contributed by atoms with Crippen molar-refractivity contribution < 1.29 is 14.0 Å². The SMILES string of the molecule is O=C(Cc1ccsc1)NCc1ccc(-c2nc(C(=O)N3CCCCC3)co2)cc1. The molecule has 1 saturated heterocycles. The van der Waals surface area contributed by atoms with Crippen molar-refractivity contribution in [1.82, 2.24) is 15.2 Å². The number of benzene rings is 1. The molecule has 0 radical (unpaired) electrons. The topological polar surface area (TPSA) is 75.4 Å². The molecule has 1 aliphatic heterocycles. The van der Waals surface area contributed by atoms with Crippen molar-refractivity contribution in [1.29, 1.82) is 0 Å². The van der Waals surface area contributed by atoms with Crippen LogP contribution in [-0.4, -0.2) is 34.8 Å². The first-order chi connectivity index (χ1) is 14.2. The Kier molecular flexibility index (Phi) is 6.05. The van der Waals surface area contributed by atoms with Crippen LogP contribution in [0.5, 0.6) is 0 Å². The molecule has 0 bridgehead atoms. The van der Waals surface area contributed by atoms with E-state index in [1.54, 1.807) is 11.3 Å². The molecule has 0 spiro atoms. The third-order valence-corrected chi connectivity index (χ3v) is 5.73. The Bertz CT molecular complexity index is 958. The first-order valence-corrected chi connectivity index (χ1v) is 10.8. The van der Waals surface area contributed by atoms with Crippen molar-refractivity contribution in [2.75, 3.05) is 13.1 Å². The van der Waals surface area contributed by atoms with Crippen LogP contribution in [0.25, 0.3) is 11.5 Å². The molecule has 7 heteroatoms. The minimum atomic E-state index is -0.0651. The van der Waals surface area contributed by atoms with E-state index in [9.17, 15) is 9.59 Å². The first kappa shape index (κ1) is 19.4. The molecule has 1 fully saturated rings. The standard InChI is InChI=1S/C22H23N3O3S/c26-20(12-17-8-11-29-15-17)23-13-16-4-6-18(7-5-16)21-24-19(14-28-21)22(27)25-9-2-1-3-10-25/h4-8,11,14-15H,1-3,9-10,12-13H2,(H,23,26). The van der Waals surface area contributed by atoms with Crippen LogP contribution in [-0.2, 0) is 17.8 Å². The second-order valence-electron chi connectivity index (χ2n) is 7.17. The van der Waals surface area contributed by atoms with Crippen molar-refractivity contribution >= 4 is 23.2 Å². The van der Waals surface area contributed by atoms with Crippen LogP contribution in [0.2, 0.25) is 0 Å². The van der Waals surface area contributed by atoms with E-state index < -0.39 is 0 Å². The molecule has 0 atom stereocenters. The van der Waals surface area contributed by atoms with Gasteiger partial charge in [0, 0.05) is 25.2 Å². The van der Waals surface area contributed by atoms with Crippen molar-refractivity contribution in [3.63, 3.8) is 0 Å². The van der Waals surface area contributed by atoms with E-state index in [-0.39, 0.29) is 11.8 Å². The molecule has 29 heavy (non-hydrogen) atoms. The predicted octanol–water partition coefficient (Wildman–Crippen LogP) is 3.89. The summed E-state index contributed by atoms with van der Waals surface area (Å²) in [5, 5.41) is 6.88. The lowest BCUT2D eigenvalue weighted by molar-refractivity contribution is -0.120. The number of hydrogen-bond donors (Lipinski definition) is 1. The largest absolute Gasteiger partial charge is 0.444 e. The Hall–Kier alpha value is -2.93. The zero-order valence-corrected chi connectivity index (χ0v) is 16.9. The summed E-state index contributed by atoms with van der Waals surface area (Å²) in [6.07, 6.45) is 5.09. The number of aromatic nitrogens is 1. The fourth-order valence-electron chi connectivity index (χ4n) is 3.37. The summed E-state index contributed by atoms with van der Waals surface area (Å²) < 4.78 is 5.53. The Balaban J connectivity index is 1.33. The number of oxazole rings is 1. The van der Waals surface area contributed by atoms with Crippen LogP contribution < -0.4 is 5.32 Å². The van der Waals surface area contributed by atoms with Crippen LogP contribution in [0, 0.1) is 0 Å². The predicted molar refractivity (Wildman–Crippen MR) is 112 cm³/mol. The van der Waals surface area contributed by atoms with E-state index in [1.807, 2.05) is 46.0 Å². The summed E-state index contributed by atoms with van der Waals surface area (Å²) in [5.74, 6) is 0.365. The molecule has 0 aliphatic carbocycles. The van der Waals surface area contributed by atoms with Gasteiger partial charge in [-0.15, -0.1) is 0 Å². The van der Waals surface area contributed by atoms with E-state index in [0.717, 1.165) is 42.6 Å². The van der Waals surface area contributed by atoms with Crippen molar-refractivity contribution in [3.8, 4) is 11.5 Å². The Labute approximate surface area is 173 Å². The van der Waals surface area contributed by atoms with Gasteiger partial charge in [-0.3, -0.25) is 9.59 Å². The monoisotopic (exact) mass is 409 g/mol. The number of amides is 2. The van der Waals surface area contributed by atoms with E-state index >= 15 is 0 Å². The molecule has 0 unspecified atom stereocenters. The molecule has 6 nitrogen and oxygen atoms in total. The Morgan fingerprint density at radius 2 is 1.86 bits per heavy atom. The first-order valence-electron chi connectivity index (χ1n) is 9.81. The molecule has 0 saturated carbocycles. The zero-order valence-electron chi connectivity index (χ0n) is 16.1. The van der Waals surface area contributed by atoms with Gasteiger partial charge in [0.25, 0.3) is 5.91 Å². The molecular formula is C22H23N3O3S. The molecular weight excluding hydrogens is 386 g/mol. The van der Waals surface area contributed by atoms with Crippen LogP contribution in [0.1, 0.15) is 40.9 Å². The van der Waals surface area contributed by atoms with E-state index in [0.29, 0.717) is 24.6 Å². The highest BCUT2D eigenvalue weighted by Gasteiger charge is 2.21. The number of piperidine rings is 1. The summed E-state index contributed by atoms with van der Waals surface area (Å²) >= 11 is 1.59. The highest BCUT2D eigenvalue weighted by Crippen LogP contribution is 2.21. The fourth-order valence-corrected chi connectivity index (χ4v) is 4.04. The number of nitrogens with one attached hydrogen (secondary N) is 1. The molecule has 2 aromatic heterocycles. The summed E-state index contributed by atoms with van der Waals surface area (Å²) in [6.45, 7) is 2.04. The van der Waals surface area contributed by atoms with Gasteiger partial charge in [0.1, 0.15) is 6.26 Å². The Morgan fingerprint density at radius 3 is 2.59 bits per heavy atom. The summed E-state index contributed by atoms with van der Waals surface area (Å²) in [4.78, 5) is 30.7. The van der Waals surface area contributed by atoms with E-state index in [2.05, 4.69) is 10.3 Å². The molecule has 2 amide bonds. The molecule has 1 aliphatic rings. The van der Waals surface area contributed by atoms with Crippen molar-refractivity contribution in [3.05, 3.63) is 64.2 Å². The van der Waals surface area contributed by atoms with Crippen LogP contribution in [0.15, 0.2) is 51.8 Å². The average Bonchev–Trinajstić information content (AvgIpc) is 3.45. The van der Waals surface area contributed by atoms with Gasteiger partial charge in [-0.05, 0) is 59.3 Å². The number of hydrogen-bond acceptors (Lipinski definition) is 5. The van der Waals surface area contributed by atoms with Gasteiger partial charge < -0.3 is 14.6 Å². The molecule has 150 valence electrons. The second-order valence-corrected chi connectivity index (χ2v) is 7.95. The lowest BCUT2D eigenvalue weighted by Crippen LogP contribution is -2.35. The number of likely N-dealkylation sites (tertiary alicyclic amines) is 1. The van der Waals surface area contributed by atoms with Crippen molar-refractivity contribution in [2.45, 2.75) is 32.2 Å². The van der Waals surface area contributed by atoms with Gasteiger partial charge in [0.15, 0.2) is 5.69 Å². The smallest absolute Gasteiger partial charge is 0.275 e. The Morgan fingerprint density at radius 1 is 1.07 bits per heavy atom. The van der Waals surface area contributed by atoms with Crippen LogP contribution in [0.3, 0.4) is 0 Å². The van der Waals surface area contributed by atoms with Gasteiger partial charge in [-0.1, -0.05) is 12.1 Å². The van der Waals surface area contributed by atoms with Gasteiger partial charge in [-0.25, -0.2) is 4.98 Å². The zero-order chi connectivity index (χ0) is 20.1. The summed E-state index contributed by atoms with van der Waals surface area (Å²) in [7, 11) is 0. The molecule has 3 heterocycles. The highest BCUT2D eigenvalue weighted by molar-refractivity contribution is 7.08. The van der Waals surface area contributed by atoms with Crippen LogP contribution >= 0.6 is 11.3 Å². The molecule has 1 aromatic carbocycles. The molecule has 1 N–H and O–H groups in total. The van der Waals surface area contributed by atoms with E-state index in [4.69, 9.17) is 4.42 Å². The van der Waals surface area contributed by atoms with Crippen molar-refractivity contribution in [2.24, 2.45) is 0 Å². The maximum absolute atomic E-state index is 12.5. The lowest BCUT2D eigenvalue weighted by Gasteiger charge is -2.25. The number of rotatable bonds is 6. The fraction of sp³-hybridized carbons (Fsp3) is 0.318. The third kappa shape index (κ3) is 4.92. The quantitative estimate of drug-likeness (QED) is 0.670. The second kappa shape index (κ2) is 9.05. The normalized spacial score (nSPS) is 14.0.